The minimum absolute atomic E-state index is 0.00876. The van der Waals surface area contributed by atoms with Crippen LogP contribution in [-0.2, 0) is 4.79 Å². The number of carbonyl (C=O) groups is 3. The van der Waals surface area contributed by atoms with Crippen molar-refractivity contribution in [3.8, 4) is 5.75 Å². The van der Waals surface area contributed by atoms with Gasteiger partial charge in [0.25, 0.3) is 11.8 Å². The molecule has 0 unspecified atom stereocenters. The molecule has 2 fully saturated rings. The lowest BCUT2D eigenvalue weighted by atomic mass is 10.1. The molecule has 144 valence electrons. The minimum Gasteiger partial charge on any atom is -0.482 e. The average molecular weight is 372 g/mol. The molecule has 0 atom stereocenters. The highest BCUT2D eigenvalue weighted by Crippen LogP contribution is 2.29. The van der Waals surface area contributed by atoms with Crippen LogP contribution in [-0.4, -0.2) is 66.5 Å². The van der Waals surface area contributed by atoms with E-state index in [1.165, 1.54) is 12.8 Å². The highest BCUT2D eigenvalue weighted by Gasteiger charge is 2.27. The van der Waals surface area contributed by atoms with Crippen molar-refractivity contribution < 1.29 is 19.1 Å². The van der Waals surface area contributed by atoms with Gasteiger partial charge in [0.05, 0.1) is 5.69 Å². The Labute approximate surface area is 157 Å². The maximum atomic E-state index is 12.8. The van der Waals surface area contributed by atoms with Crippen LogP contribution >= 0.6 is 0 Å². The van der Waals surface area contributed by atoms with E-state index in [4.69, 9.17) is 4.74 Å². The molecule has 1 aromatic carbocycles. The van der Waals surface area contributed by atoms with Crippen LogP contribution in [0.5, 0.6) is 5.75 Å². The van der Waals surface area contributed by atoms with Crippen molar-refractivity contribution in [2.75, 3.05) is 38.1 Å². The SMILES string of the molecule is O=C1COc2ccc(C(=O)N3CCN(C(=O)NC4CCCC4)CC3)cc2N1. The van der Waals surface area contributed by atoms with Crippen molar-refractivity contribution in [2.45, 2.75) is 31.7 Å². The maximum Gasteiger partial charge on any atom is 0.317 e. The highest BCUT2D eigenvalue weighted by molar-refractivity contribution is 6.00. The van der Waals surface area contributed by atoms with Crippen LogP contribution < -0.4 is 15.4 Å². The topological polar surface area (TPSA) is 91.0 Å². The van der Waals surface area contributed by atoms with Crippen molar-refractivity contribution in [3.05, 3.63) is 23.8 Å². The van der Waals surface area contributed by atoms with Crippen molar-refractivity contribution in [2.24, 2.45) is 0 Å². The number of hydrogen-bond acceptors (Lipinski definition) is 4. The molecule has 1 aliphatic carbocycles. The predicted octanol–water partition coefficient (Wildman–Crippen LogP) is 1.43. The number of anilines is 1. The van der Waals surface area contributed by atoms with Gasteiger partial charge >= 0.3 is 6.03 Å². The molecule has 4 rings (SSSR count). The number of urea groups is 1. The molecule has 0 aromatic heterocycles. The summed E-state index contributed by atoms with van der Waals surface area (Å²) < 4.78 is 5.32. The summed E-state index contributed by atoms with van der Waals surface area (Å²) in [6.07, 6.45) is 4.48. The average Bonchev–Trinajstić information content (AvgIpc) is 3.20. The first-order valence-electron chi connectivity index (χ1n) is 9.51. The molecule has 0 bridgehead atoms. The Bertz CT molecular complexity index is 752. The number of ether oxygens (including phenoxy) is 1. The summed E-state index contributed by atoms with van der Waals surface area (Å²) >= 11 is 0. The van der Waals surface area contributed by atoms with Crippen LogP contribution in [0.15, 0.2) is 18.2 Å². The molecule has 2 aliphatic heterocycles. The summed E-state index contributed by atoms with van der Waals surface area (Å²) in [5, 5.41) is 5.81. The lowest BCUT2D eigenvalue weighted by molar-refractivity contribution is -0.118. The molecular formula is C19H24N4O4. The minimum atomic E-state index is -0.228. The third-order valence-corrected chi connectivity index (χ3v) is 5.40. The van der Waals surface area contributed by atoms with Gasteiger partial charge in [0.15, 0.2) is 6.61 Å². The van der Waals surface area contributed by atoms with Crippen LogP contribution in [0.4, 0.5) is 10.5 Å². The molecule has 2 heterocycles. The number of hydrogen-bond donors (Lipinski definition) is 2. The maximum absolute atomic E-state index is 12.8. The van der Waals surface area contributed by atoms with Crippen LogP contribution in [0.25, 0.3) is 0 Å². The van der Waals surface area contributed by atoms with Crippen molar-refractivity contribution in [1.29, 1.82) is 0 Å². The number of rotatable bonds is 2. The number of fused-ring (bicyclic) bond motifs is 1. The molecule has 1 saturated carbocycles. The Morgan fingerprint density at radius 3 is 2.52 bits per heavy atom. The number of piperazine rings is 1. The second kappa shape index (κ2) is 7.46. The van der Waals surface area contributed by atoms with E-state index in [1.807, 2.05) is 0 Å². The molecule has 1 saturated heterocycles. The fourth-order valence-corrected chi connectivity index (χ4v) is 3.85. The Balaban J connectivity index is 1.34. The first-order chi connectivity index (χ1) is 13.1. The van der Waals surface area contributed by atoms with Crippen LogP contribution in [0.2, 0.25) is 0 Å². The van der Waals surface area contributed by atoms with Crippen molar-refractivity contribution >= 4 is 23.5 Å². The lowest BCUT2D eigenvalue weighted by Gasteiger charge is -2.35. The first-order valence-corrected chi connectivity index (χ1v) is 9.51. The van der Waals surface area contributed by atoms with Gasteiger partial charge in [-0.2, -0.15) is 0 Å². The third-order valence-electron chi connectivity index (χ3n) is 5.40. The first kappa shape index (κ1) is 17.6. The van der Waals surface area contributed by atoms with Crippen molar-refractivity contribution in [3.63, 3.8) is 0 Å². The van der Waals surface area contributed by atoms with Gasteiger partial charge < -0.3 is 25.2 Å². The van der Waals surface area contributed by atoms with Gasteiger partial charge in [-0.1, -0.05) is 12.8 Å². The fourth-order valence-electron chi connectivity index (χ4n) is 3.85. The zero-order valence-corrected chi connectivity index (χ0v) is 15.2. The molecule has 8 heteroatoms. The zero-order chi connectivity index (χ0) is 18.8. The summed E-state index contributed by atoms with van der Waals surface area (Å²) in [5.41, 5.74) is 1.02. The standard InChI is InChI=1S/C19H24N4O4/c24-17-12-27-16-6-5-13(11-15(16)21-17)18(25)22-7-9-23(10-8-22)19(26)20-14-3-1-2-4-14/h5-6,11,14H,1-4,7-10,12H2,(H,20,26)(H,21,24). The Morgan fingerprint density at radius 1 is 1.07 bits per heavy atom. The highest BCUT2D eigenvalue weighted by atomic mass is 16.5. The van der Waals surface area contributed by atoms with Gasteiger partial charge in [0.1, 0.15) is 5.75 Å². The Morgan fingerprint density at radius 2 is 1.78 bits per heavy atom. The Kier molecular flexibility index (Phi) is 4.87. The largest absolute Gasteiger partial charge is 0.482 e. The molecule has 3 aliphatic rings. The molecular weight excluding hydrogens is 348 g/mol. The molecule has 4 amide bonds. The third kappa shape index (κ3) is 3.84. The van der Waals surface area contributed by atoms with Crippen molar-refractivity contribution in [1.82, 2.24) is 15.1 Å². The van der Waals surface area contributed by atoms with Crippen LogP contribution in [0, 0.1) is 0 Å². The van der Waals surface area contributed by atoms with Gasteiger partial charge in [-0.15, -0.1) is 0 Å². The number of benzene rings is 1. The predicted molar refractivity (Wildman–Crippen MR) is 98.8 cm³/mol. The van der Waals surface area contributed by atoms with E-state index in [2.05, 4.69) is 10.6 Å². The number of carbonyl (C=O) groups excluding carboxylic acids is 3. The quantitative estimate of drug-likeness (QED) is 0.822. The van der Waals surface area contributed by atoms with E-state index in [0.717, 1.165) is 12.8 Å². The molecule has 8 nitrogen and oxygen atoms in total. The van der Waals surface area contributed by atoms with E-state index in [-0.39, 0.29) is 24.5 Å². The normalized spacial score (nSPS) is 19.9. The summed E-state index contributed by atoms with van der Waals surface area (Å²) in [6.45, 7) is 2.03. The number of nitrogens with zero attached hydrogens (tertiary/aromatic N) is 2. The summed E-state index contributed by atoms with van der Waals surface area (Å²) in [4.78, 5) is 40.1. The van der Waals surface area contributed by atoms with E-state index >= 15 is 0 Å². The fraction of sp³-hybridized carbons (Fsp3) is 0.526. The van der Waals surface area contributed by atoms with Crippen LogP contribution in [0.1, 0.15) is 36.0 Å². The smallest absolute Gasteiger partial charge is 0.317 e. The van der Waals surface area contributed by atoms with Gasteiger partial charge in [-0.3, -0.25) is 9.59 Å². The van der Waals surface area contributed by atoms with E-state index in [0.29, 0.717) is 49.2 Å². The van der Waals surface area contributed by atoms with Crippen LogP contribution in [0.3, 0.4) is 0 Å². The van der Waals surface area contributed by atoms with Gasteiger partial charge in [0, 0.05) is 37.8 Å². The monoisotopic (exact) mass is 372 g/mol. The second-order valence-electron chi connectivity index (χ2n) is 7.26. The molecule has 0 spiro atoms. The zero-order valence-electron chi connectivity index (χ0n) is 15.2. The van der Waals surface area contributed by atoms with Gasteiger partial charge in [-0.05, 0) is 31.0 Å². The van der Waals surface area contributed by atoms with Gasteiger partial charge in [-0.25, -0.2) is 4.79 Å². The number of nitrogens with one attached hydrogen (secondary N) is 2. The summed E-state index contributed by atoms with van der Waals surface area (Å²) in [6, 6.07) is 5.33. The Hall–Kier alpha value is -2.77. The van der Waals surface area contributed by atoms with Gasteiger partial charge in [0.2, 0.25) is 0 Å². The molecule has 1 aromatic rings. The summed E-state index contributed by atoms with van der Waals surface area (Å²) in [7, 11) is 0. The van der Waals surface area contributed by atoms with E-state index in [9.17, 15) is 14.4 Å². The molecule has 27 heavy (non-hydrogen) atoms. The summed E-state index contributed by atoms with van der Waals surface area (Å²) in [5.74, 6) is 0.238. The second-order valence-corrected chi connectivity index (χ2v) is 7.26. The van der Waals surface area contributed by atoms with E-state index in [1.54, 1.807) is 28.0 Å². The van der Waals surface area contributed by atoms with E-state index < -0.39 is 0 Å². The number of amides is 4. The lowest BCUT2D eigenvalue weighted by Crippen LogP contribution is -2.54. The molecule has 0 radical (unpaired) electrons. The molecule has 2 N–H and O–H groups in total.